The first-order valence-corrected chi connectivity index (χ1v) is 7.90. The number of carbonyl (C=O) groups excluding carboxylic acids is 1. The molecule has 2 aromatic carbocycles. The summed E-state index contributed by atoms with van der Waals surface area (Å²) in [6.07, 6.45) is 7.16. The van der Waals surface area contributed by atoms with Crippen LogP contribution in [0.2, 0.25) is 0 Å². The number of ether oxygens (including phenoxy) is 3. The summed E-state index contributed by atoms with van der Waals surface area (Å²) in [6, 6.07) is 12.7. The Bertz CT molecular complexity index is 790. The number of esters is 1. The summed E-state index contributed by atoms with van der Waals surface area (Å²) >= 11 is 0. The molecule has 25 heavy (non-hydrogen) atoms. The average molecular weight is 338 g/mol. The highest BCUT2D eigenvalue weighted by molar-refractivity contribution is 5.84. The summed E-state index contributed by atoms with van der Waals surface area (Å²) < 4.78 is 15.8. The van der Waals surface area contributed by atoms with Crippen LogP contribution in [0, 0.1) is 0 Å². The van der Waals surface area contributed by atoms with E-state index in [0.717, 1.165) is 22.6 Å². The zero-order chi connectivity index (χ0) is 17.5. The number of hydrogen-bond acceptors (Lipinski definition) is 5. The fourth-order valence-corrected chi connectivity index (χ4v) is 2.32. The van der Waals surface area contributed by atoms with Crippen molar-refractivity contribution in [2.24, 2.45) is 0 Å². The van der Waals surface area contributed by atoms with E-state index in [1.54, 1.807) is 24.3 Å². The van der Waals surface area contributed by atoms with Crippen LogP contribution in [0.3, 0.4) is 0 Å². The number of aliphatic hydroxyl groups excluding tert-OH is 1. The average Bonchev–Trinajstić information content (AvgIpc) is 3.08. The number of aliphatic hydroxyl groups is 1. The first-order valence-electron chi connectivity index (χ1n) is 7.90. The summed E-state index contributed by atoms with van der Waals surface area (Å²) in [5, 5.41) is 8.87. The third-order valence-corrected chi connectivity index (χ3v) is 3.57. The Balaban J connectivity index is 1.52. The SMILES string of the molecule is O=C(/C=C/C=C/c1ccc2c(c1)OCO2)Oc1ccc(CCO)cc1. The molecule has 5 heteroatoms. The van der Waals surface area contributed by atoms with Crippen LogP contribution in [0.4, 0.5) is 0 Å². The minimum Gasteiger partial charge on any atom is -0.454 e. The van der Waals surface area contributed by atoms with Crippen molar-refractivity contribution < 1.29 is 24.1 Å². The van der Waals surface area contributed by atoms with E-state index >= 15 is 0 Å². The number of benzene rings is 2. The molecule has 0 aliphatic carbocycles. The van der Waals surface area contributed by atoms with Crippen molar-refractivity contribution in [3.63, 3.8) is 0 Å². The van der Waals surface area contributed by atoms with Crippen LogP contribution < -0.4 is 14.2 Å². The van der Waals surface area contributed by atoms with Crippen LogP contribution >= 0.6 is 0 Å². The van der Waals surface area contributed by atoms with Gasteiger partial charge in [0.2, 0.25) is 6.79 Å². The van der Waals surface area contributed by atoms with E-state index in [1.165, 1.54) is 6.08 Å². The summed E-state index contributed by atoms with van der Waals surface area (Å²) in [5.74, 6) is 1.47. The van der Waals surface area contributed by atoms with Gasteiger partial charge in [-0.1, -0.05) is 36.4 Å². The minimum absolute atomic E-state index is 0.0948. The normalized spacial score (nSPS) is 12.8. The van der Waals surface area contributed by atoms with Crippen molar-refractivity contribution in [1.82, 2.24) is 0 Å². The summed E-state index contributed by atoms with van der Waals surface area (Å²) in [6.45, 7) is 0.340. The molecule has 0 bridgehead atoms. The molecular weight excluding hydrogens is 320 g/mol. The minimum atomic E-state index is -0.453. The molecule has 3 rings (SSSR count). The van der Waals surface area contributed by atoms with Crippen molar-refractivity contribution >= 4 is 12.0 Å². The number of rotatable bonds is 6. The van der Waals surface area contributed by atoms with Gasteiger partial charge in [-0.3, -0.25) is 0 Å². The monoisotopic (exact) mass is 338 g/mol. The largest absolute Gasteiger partial charge is 0.454 e. The lowest BCUT2D eigenvalue weighted by atomic mass is 10.1. The van der Waals surface area contributed by atoms with Gasteiger partial charge in [0.15, 0.2) is 11.5 Å². The molecule has 0 fully saturated rings. The second kappa shape index (κ2) is 8.17. The van der Waals surface area contributed by atoms with E-state index in [0.29, 0.717) is 12.2 Å². The molecule has 5 nitrogen and oxygen atoms in total. The third-order valence-electron chi connectivity index (χ3n) is 3.57. The van der Waals surface area contributed by atoms with Crippen molar-refractivity contribution in [3.05, 3.63) is 71.8 Å². The Morgan fingerprint density at radius 3 is 2.68 bits per heavy atom. The van der Waals surface area contributed by atoms with Crippen LogP contribution in [0.1, 0.15) is 11.1 Å². The maximum Gasteiger partial charge on any atom is 0.336 e. The Hall–Kier alpha value is -3.05. The van der Waals surface area contributed by atoms with Crippen molar-refractivity contribution in [2.75, 3.05) is 13.4 Å². The number of fused-ring (bicyclic) bond motifs is 1. The van der Waals surface area contributed by atoms with Gasteiger partial charge in [-0.2, -0.15) is 0 Å². The van der Waals surface area contributed by atoms with Crippen molar-refractivity contribution in [1.29, 1.82) is 0 Å². The van der Waals surface area contributed by atoms with Gasteiger partial charge in [-0.05, 0) is 41.8 Å². The molecule has 0 saturated heterocycles. The number of carbonyl (C=O) groups is 1. The maximum atomic E-state index is 11.8. The van der Waals surface area contributed by atoms with Gasteiger partial charge in [0, 0.05) is 12.7 Å². The van der Waals surface area contributed by atoms with Gasteiger partial charge >= 0.3 is 5.97 Å². The van der Waals surface area contributed by atoms with Crippen LogP contribution in [0.25, 0.3) is 6.08 Å². The van der Waals surface area contributed by atoms with E-state index in [-0.39, 0.29) is 13.4 Å². The molecule has 2 aromatic rings. The van der Waals surface area contributed by atoms with Crippen LogP contribution in [0.5, 0.6) is 17.2 Å². The third kappa shape index (κ3) is 4.71. The Morgan fingerprint density at radius 1 is 1.08 bits per heavy atom. The summed E-state index contributed by atoms with van der Waals surface area (Å²) in [7, 11) is 0. The molecule has 0 atom stereocenters. The highest BCUT2D eigenvalue weighted by atomic mass is 16.7. The molecule has 0 saturated carbocycles. The highest BCUT2D eigenvalue weighted by Crippen LogP contribution is 2.32. The second-order valence-corrected chi connectivity index (χ2v) is 5.37. The quantitative estimate of drug-likeness (QED) is 0.379. The van der Waals surface area contributed by atoms with E-state index in [4.69, 9.17) is 19.3 Å². The lowest BCUT2D eigenvalue weighted by Crippen LogP contribution is -2.03. The van der Waals surface area contributed by atoms with Crippen LogP contribution in [-0.2, 0) is 11.2 Å². The van der Waals surface area contributed by atoms with Gasteiger partial charge in [0.25, 0.3) is 0 Å². The van der Waals surface area contributed by atoms with Gasteiger partial charge in [-0.15, -0.1) is 0 Å². The van der Waals surface area contributed by atoms with Gasteiger partial charge in [-0.25, -0.2) is 4.79 Å². The van der Waals surface area contributed by atoms with E-state index in [2.05, 4.69) is 0 Å². The molecule has 1 aliphatic rings. The van der Waals surface area contributed by atoms with Gasteiger partial charge < -0.3 is 19.3 Å². The summed E-state index contributed by atoms with van der Waals surface area (Å²) in [4.78, 5) is 11.8. The predicted octanol–water partition coefficient (Wildman–Crippen LogP) is 3.13. The molecular formula is C20H18O5. The fraction of sp³-hybridized carbons (Fsp3) is 0.150. The molecule has 0 aromatic heterocycles. The molecule has 128 valence electrons. The first kappa shape index (κ1) is 16.8. The Kier molecular flexibility index (Phi) is 5.49. The molecule has 0 spiro atoms. The molecule has 0 radical (unpaired) electrons. The molecule has 0 amide bonds. The molecule has 1 aliphatic heterocycles. The highest BCUT2D eigenvalue weighted by Gasteiger charge is 2.11. The van der Waals surface area contributed by atoms with Crippen molar-refractivity contribution in [3.8, 4) is 17.2 Å². The standard InChI is InChI=1S/C20H18O5/c21-12-11-15-5-8-17(9-6-15)25-20(22)4-2-1-3-16-7-10-18-19(13-16)24-14-23-18/h1-10,13,21H,11-12,14H2/b3-1+,4-2+. The smallest absolute Gasteiger partial charge is 0.336 e. The number of hydrogen-bond donors (Lipinski definition) is 1. The topological polar surface area (TPSA) is 65.0 Å². The lowest BCUT2D eigenvalue weighted by molar-refractivity contribution is -0.128. The zero-order valence-electron chi connectivity index (χ0n) is 13.6. The Labute approximate surface area is 145 Å². The van der Waals surface area contributed by atoms with Crippen LogP contribution in [-0.4, -0.2) is 24.5 Å². The first-order chi connectivity index (χ1) is 12.2. The maximum absolute atomic E-state index is 11.8. The summed E-state index contributed by atoms with van der Waals surface area (Å²) in [5.41, 5.74) is 1.94. The second-order valence-electron chi connectivity index (χ2n) is 5.37. The zero-order valence-corrected chi connectivity index (χ0v) is 13.6. The van der Waals surface area contributed by atoms with Crippen LogP contribution in [0.15, 0.2) is 60.7 Å². The van der Waals surface area contributed by atoms with E-state index in [1.807, 2.05) is 36.4 Å². The predicted molar refractivity (Wildman–Crippen MR) is 93.6 cm³/mol. The molecule has 0 unspecified atom stereocenters. The van der Waals surface area contributed by atoms with Gasteiger partial charge in [0.1, 0.15) is 5.75 Å². The fourth-order valence-electron chi connectivity index (χ4n) is 2.32. The van der Waals surface area contributed by atoms with E-state index in [9.17, 15) is 4.79 Å². The van der Waals surface area contributed by atoms with Gasteiger partial charge in [0.05, 0.1) is 0 Å². The molecule has 1 heterocycles. The Morgan fingerprint density at radius 2 is 1.88 bits per heavy atom. The number of allylic oxidation sites excluding steroid dienone is 2. The lowest BCUT2D eigenvalue weighted by Gasteiger charge is -2.02. The van der Waals surface area contributed by atoms with E-state index < -0.39 is 5.97 Å². The van der Waals surface area contributed by atoms with Crippen molar-refractivity contribution in [2.45, 2.75) is 6.42 Å². The molecule has 1 N–H and O–H groups in total.